The number of Topliss-reactive ketones (excluding diaryl/α,β-unsaturated/α-hetero) is 1. The largest absolute Gasteiger partial charge is 0.425 e. The van der Waals surface area contributed by atoms with Crippen molar-refractivity contribution in [1.29, 1.82) is 0 Å². The van der Waals surface area contributed by atoms with Gasteiger partial charge in [-0.1, -0.05) is 97.1 Å². The number of ether oxygens (including phenoxy) is 1. The first-order chi connectivity index (χ1) is 17.3. The van der Waals surface area contributed by atoms with E-state index in [1.54, 1.807) is 0 Å². The molecular formula is C33H30O3. The van der Waals surface area contributed by atoms with Gasteiger partial charge < -0.3 is 4.74 Å². The number of carbonyl (C=O) groups excluding carboxylic acids is 2. The molecule has 3 aromatic carbocycles. The molecule has 0 unspecified atom stereocenters. The van der Waals surface area contributed by atoms with Crippen molar-refractivity contribution in [3.8, 4) is 0 Å². The van der Waals surface area contributed by atoms with Gasteiger partial charge in [0.05, 0.1) is 16.4 Å². The average Bonchev–Trinajstić information content (AvgIpc) is 3.07. The molecule has 1 saturated carbocycles. The van der Waals surface area contributed by atoms with Crippen LogP contribution in [0.15, 0.2) is 120 Å². The summed E-state index contributed by atoms with van der Waals surface area (Å²) in [5.74, 6) is -0.0516. The number of hydrogen-bond donors (Lipinski definition) is 0. The number of esters is 1. The zero-order chi connectivity index (χ0) is 25.3. The van der Waals surface area contributed by atoms with Crippen LogP contribution < -0.4 is 0 Å². The molecule has 0 aliphatic heterocycles. The van der Waals surface area contributed by atoms with Gasteiger partial charge in [-0.25, -0.2) is 0 Å². The molecule has 0 heterocycles. The Bertz CT molecular complexity index is 1350. The van der Waals surface area contributed by atoms with E-state index in [-0.39, 0.29) is 11.8 Å². The summed E-state index contributed by atoms with van der Waals surface area (Å²) in [5, 5.41) is 0. The molecule has 3 heteroatoms. The predicted octanol–water partition coefficient (Wildman–Crippen LogP) is 7.20. The van der Waals surface area contributed by atoms with Gasteiger partial charge in [-0.05, 0) is 67.5 Å². The van der Waals surface area contributed by atoms with Crippen molar-refractivity contribution in [2.75, 3.05) is 0 Å². The lowest BCUT2D eigenvalue weighted by molar-refractivity contribution is -0.148. The fraction of sp³-hybridized carbons (Fsp3) is 0.212. The lowest BCUT2D eigenvalue weighted by Crippen LogP contribution is -2.33. The van der Waals surface area contributed by atoms with E-state index in [0.29, 0.717) is 24.2 Å². The zero-order valence-corrected chi connectivity index (χ0v) is 21.0. The van der Waals surface area contributed by atoms with E-state index >= 15 is 0 Å². The van der Waals surface area contributed by atoms with E-state index in [1.807, 2.05) is 118 Å². The van der Waals surface area contributed by atoms with Crippen LogP contribution in [0, 0.1) is 5.41 Å². The molecule has 3 nitrogen and oxygen atoms in total. The highest BCUT2D eigenvalue weighted by molar-refractivity contribution is 6.14. The van der Waals surface area contributed by atoms with Crippen LogP contribution in [0.3, 0.4) is 0 Å². The molecule has 0 amide bonds. The molecule has 36 heavy (non-hydrogen) atoms. The van der Waals surface area contributed by atoms with Crippen molar-refractivity contribution < 1.29 is 14.3 Å². The summed E-state index contributed by atoms with van der Waals surface area (Å²) >= 11 is 0. The van der Waals surface area contributed by atoms with Crippen LogP contribution in [0.5, 0.6) is 0 Å². The number of hydrogen-bond acceptors (Lipinski definition) is 3. The third-order valence-corrected chi connectivity index (χ3v) is 7.00. The van der Waals surface area contributed by atoms with E-state index in [0.717, 1.165) is 27.8 Å². The van der Waals surface area contributed by atoms with Gasteiger partial charge in [0.1, 0.15) is 5.76 Å². The van der Waals surface area contributed by atoms with Gasteiger partial charge in [-0.15, -0.1) is 0 Å². The Hall–Kier alpha value is -3.98. The minimum Gasteiger partial charge on any atom is -0.425 e. The Kier molecular flexibility index (Phi) is 6.09. The minimum absolute atomic E-state index is 0.0339. The number of allylic oxidation sites excluding steroid dienone is 5. The molecule has 3 aromatic rings. The zero-order valence-electron chi connectivity index (χ0n) is 21.0. The summed E-state index contributed by atoms with van der Waals surface area (Å²) < 4.78 is 6.04. The standard InChI is InChI=1S/C33H30O3/c1-32(2,3)31(35)36-28-21-24(23-13-7-4-8-14-23)19-20-25-22-33(30(34)29(25)28,26-15-9-5-10-16-26)27-17-11-6-12-18-27/h4-18,20-21H,19,22H2,1-3H3. The first-order valence-corrected chi connectivity index (χ1v) is 12.4. The van der Waals surface area contributed by atoms with Crippen LogP contribution in [0.1, 0.15) is 50.3 Å². The Morgan fingerprint density at radius 1 is 0.778 bits per heavy atom. The highest BCUT2D eigenvalue weighted by Crippen LogP contribution is 2.51. The van der Waals surface area contributed by atoms with Crippen LogP contribution in [-0.4, -0.2) is 11.8 Å². The molecule has 0 bridgehead atoms. The molecule has 0 N–H and O–H groups in total. The van der Waals surface area contributed by atoms with Crippen LogP contribution in [0.4, 0.5) is 0 Å². The summed E-state index contributed by atoms with van der Waals surface area (Å²) in [6, 6.07) is 29.9. The smallest absolute Gasteiger partial charge is 0.316 e. The Labute approximate surface area is 212 Å². The van der Waals surface area contributed by atoms with Gasteiger partial charge in [0.15, 0.2) is 5.78 Å². The second-order valence-corrected chi connectivity index (χ2v) is 10.5. The monoisotopic (exact) mass is 474 g/mol. The topological polar surface area (TPSA) is 43.4 Å². The molecule has 1 fully saturated rings. The van der Waals surface area contributed by atoms with Gasteiger partial charge in [0.2, 0.25) is 0 Å². The van der Waals surface area contributed by atoms with E-state index in [2.05, 4.69) is 6.08 Å². The minimum atomic E-state index is -0.874. The molecule has 2 aliphatic carbocycles. The van der Waals surface area contributed by atoms with Crippen molar-refractivity contribution in [3.63, 3.8) is 0 Å². The normalized spacial score (nSPS) is 17.1. The molecule has 0 spiro atoms. The van der Waals surface area contributed by atoms with Crippen molar-refractivity contribution in [2.24, 2.45) is 5.41 Å². The number of rotatable bonds is 4. The Morgan fingerprint density at radius 2 is 1.31 bits per heavy atom. The average molecular weight is 475 g/mol. The van der Waals surface area contributed by atoms with Crippen molar-refractivity contribution >= 4 is 17.3 Å². The van der Waals surface area contributed by atoms with Crippen molar-refractivity contribution in [2.45, 2.75) is 39.0 Å². The SMILES string of the molecule is CC(C)(C)C(=O)OC1=C2C(=O)C(c3ccccc3)(c3ccccc3)CC2=CCC(c2ccccc2)=C1. The number of benzene rings is 3. The summed E-state index contributed by atoms with van der Waals surface area (Å²) in [7, 11) is 0. The summed E-state index contributed by atoms with van der Waals surface area (Å²) in [6.45, 7) is 5.47. The molecule has 2 aliphatic rings. The van der Waals surface area contributed by atoms with Gasteiger partial charge in [-0.2, -0.15) is 0 Å². The van der Waals surface area contributed by atoms with Gasteiger partial charge in [0.25, 0.3) is 0 Å². The Balaban J connectivity index is 1.73. The first kappa shape index (κ1) is 23.7. The number of ketones is 1. The molecule has 5 rings (SSSR count). The van der Waals surface area contributed by atoms with Crippen LogP contribution in [0.25, 0.3) is 5.57 Å². The fourth-order valence-electron chi connectivity index (χ4n) is 5.05. The maximum atomic E-state index is 14.6. The summed E-state index contributed by atoms with van der Waals surface area (Å²) in [5.41, 5.74) is 3.79. The lowest BCUT2D eigenvalue weighted by Gasteiger charge is -2.28. The number of fused-ring (bicyclic) bond motifs is 1. The molecule has 180 valence electrons. The van der Waals surface area contributed by atoms with Gasteiger partial charge in [0, 0.05) is 0 Å². The lowest BCUT2D eigenvalue weighted by atomic mass is 9.72. The fourth-order valence-corrected chi connectivity index (χ4v) is 5.05. The highest BCUT2D eigenvalue weighted by atomic mass is 16.5. The first-order valence-electron chi connectivity index (χ1n) is 12.4. The third kappa shape index (κ3) is 4.15. The third-order valence-electron chi connectivity index (χ3n) is 7.00. The molecule has 0 aromatic heterocycles. The van der Waals surface area contributed by atoms with Gasteiger partial charge >= 0.3 is 5.97 Å². The molecule has 0 atom stereocenters. The van der Waals surface area contributed by atoms with Crippen LogP contribution >= 0.6 is 0 Å². The summed E-state index contributed by atoms with van der Waals surface area (Å²) in [6.07, 6.45) is 5.19. The van der Waals surface area contributed by atoms with E-state index < -0.39 is 10.8 Å². The van der Waals surface area contributed by atoms with E-state index in [1.165, 1.54) is 0 Å². The molecule has 0 saturated heterocycles. The summed E-state index contributed by atoms with van der Waals surface area (Å²) in [4.78, 5) is 27.6. The maximum absolute atomic E-state index is 14.6. The van der Waals surface area contributed by atoms with Crippen molar-refractivity contribution in [3.05, 3.63) is 137 Å². The quantitative estimate of drug-likeness (QED) is 0.376. The maximum Gasteiger partial charge on any atom is 0.316 e. The van der Waals surface area contributed by atoms with Gasteiger partial charge in [-0.3, -0.25) is 9.59 Å². The second-order valence-electron chi connectivity index (χ2n) is 10.5. The number of carbonyl (C=O) groups is 2. The second kappa shape index (κ2) is 9.23. The highest BCUT2D eigenvalue weighted by Gasteiger charge is 2.51. The van der Waals surface area contributed by atoms with Crippen molar-refractivity contribution in [1.82, 2.24) is 0 Å². The van der Waals surface area contributed by atoms with E-state index in [4.69, 9.17) is 4.74 Å². The molecular weight excluding hydrogens is 444 g/mol. The van der Waals surface area contributed by atoms with Crippen LogP contribution in [-0.2, 0) is 19.7 Å². The van der Waals surface area contributed by atoms with E-state index in [9.17, 15) is 9.59 Å². The predicted molar refractivity (Wildman–Crippen MR) is 143 cm³/mol. The van der Waals surface area contributed by atoms with Crippen LogP contribution in [0.2, 0.25) is 0 Å². The Morgan fingerprint density at radius 3 is 1.83 bits per heavy atom. The molecule has 0 radical (unpaired) electrons.